The summed E-state index contributed by atoms with van der Waals surface area (Å²) in [7, 11) is 0. The first-order valence-electron chi connectivity index (χ1n) is 17.2. The van der Waals surface area contributed by atoms with Gasteiger partial charge in [-0.15, -0.1) is 0 Å². The molecule has 0 radical (unpaired) electrons. The SMILES string of the molecule is CCOc1ccc(-c2cn(CC)c(NC(=O)CN3CN(C4(C)C(=O)C(C)C=c5c4ccc4c5=CC(=O)c5ccccc5-4)c4ncncc43)n2)cc1. The lowest BCUT2D eigenvalue weighted by atomic mass is 9.73. The van der Waals surface area contributed by atoms with E-state index < -0.39 is 11.5 Å². The highest BCUT2D eigenvalue weighted by Crippen LogP contribution is 2.44. The Bertz CT molecular complexity index is 2370. The van der Waals surface area contributed by atoms with E-state index in [1.807, 2.05) is 115 Å². The number of nitrogens with zero attached hydrogens (tertiary/aromatic N) is 6. The second-order valence-corrected chi connectivity index (χ2v) is 13.2. The van der Waals surface area contributed by atoms with Gasteiger partial charge in [-0.1, -0.05) is 49.4 Å². The largest absolute Gasteiger partial charge is 0.494 e. The Kier molecular flexibility index (Phi) is 7.78. The third-order valence-electron chi connectivity index (χ3n) is 10.2. The van der Waals surface area contributed by atoms with Gasteiger partial charge in [-0.25, -0.2) is 15.0 Å². The van der Waals surface area contributed by atoms with E-state index >= 15 is 0 Å². The summed E-state index contributed by atoms with van der Waals surface area (Å²) >= 11 is 0. The van der Waals surface area contributed by atoms with Gasteiger partial charge in [-0.3, -0.25) is 19.7 Å². The van der Waals surface area contributed by atoms with Gasteiger partial charge in [0.1, 0.15) is 23.3 Å². The molecule has 51 heavy (non-hydrogen) atoms. The molecular formula is C40H37N7O4. The summed E-state index contributed by atoms with van der Waals surface area (Å²) < 4.78 is 7.47. The summed E-state index contributed by atoms with van der Waals surface area (Å²) in [6.45, 7) is 9.14. The van der Waals surface area contributed by atoms with E-state index in [1.165, 1.54) is 6.33 Å². The van der Waals surface area contributed by atoms with Crippen molar-refractivity contribution in [1.82, 2.24) is 19.5 Å². The molecule has 0 saturated carbocycles. The van der Waals surface area contributed by atoms with Crippen LogP contribution < -0.4 is 30.3 Å². The fraction of sp³-hybridized carbons (Fsp3) is 0.250. The first kappa shape index (κ1) is 32.1. The van der Waals surface area contributed by atoms with Crippen LogP contribution in [0, 0.1) is 5.92 Å². The van der Waals surface area contributed by atoms with Gasteiger partial charge in [0.2, 0.25) is 11.9 Å². The maximum Gasteiger partial charge on any atom is 0.246 e. The first-order chi connectivity index (χ1) is 24.7. The number of ketones is 2. The van der Waals surface area contributed by atoms with Gasteiger partial charge in [-0.2, -0.15) is 0 Å². The van der Waals surface area contributed by atoms with Crippen LogP contribution in [-0.4, -0.2) is 56.8 Å². The van der Waals surface area contributed by atoms with E-state index in [9.17, 15) is 14.4 Å². The number of aryl methyl sites for hydroxylation is 1. The Morgan fingerprint density at radius 3 is 2.55 bits per heavy atom. The van der Waals surface area contributed by atoms with Crippen molar-refractivity contribution in [1.29, 1.82) is 0 Å². The average Bonchev–Trinajstić information content (AvgIpc) is 3.72. The molecule has 2 unspecified atom stereocenters. The Labute approximate surface area is 294 Å². The number of anilines is 3. The van der Waals surface area contributed by atoms with Crippen molar-refractivity contribution in [2.75, 3.05) is 34.9 Å². The number of aromatic nitrogens is 4. The van der Waals surface area contributed by atoms with Crippen molar-refractivity contribution >= 4 is 47.1 Å². The summed E-state index contributed by atoms with van der Waals surface area (Å²) in [4.78, 5) is 58.8. The third-order valence-corrected chi connectivity index (χ3v) is 10.2. The molecule has 1 amide bonds. The third kappa shape index (κ3) is 5.19. The molecule has 5 aromatic rings. The molecule has 2 atom stereocenters. The highest BCUT2D eigenvalue weighted by atomic mass is 16.5. The van der Waals surface area contributed by atoms with Crippen LogP contribution in [0.3, 0.4) is 0 Å². The Hall–Kier alpha value is -6.10. The number of carbonyl (C=O) groups is 3. The highest BCUT2D eigenvalue weighted by molar-refractivity contribution is 6.22. The first-order valence-corrected chi connectivity index (χ1v) is 17.2. The van der Waals surface area contributed by atoms with E-state index in [0.717, 1.165) is 44.1 Å². The summed E-state index contributed by atoms with van der Waals surface area (Å²) in [5.74, 6) is 1.02. The number of rotatable bonds is 8. The molecule has 3 aromatic carbocycles. The maximum atomic E-state index is 14.3. The summed E-state index contributed by atoms with van der Waals surface area (Å²) in [5, 5.41) is 4.69. The number of fused-ring (bicyclic) bond motifs is 6. The van der Waals surface area contributed by atoms with Gasteiger partial charge in [0.25, 0.3) is 0 Å². The predicted molar refractivity (Wildman–Crippen MR) is 196 cm³/mol. The van der Waals surface area contributed by atoms with Gasteiger partial charge in [0.05, 0.1) is 31.7 Å². The molecule has 1 N–H and O–H groups in total. The lowest BCUT2D eigenvalue weighted by molar-refractivity contribution is -0.126. The molecule has 3 heterocycles. The van der Waals surface area contributed by atoms with E-state index in [1.54, 1.807) is 12.3 Å². The zero-order valence-corrected chi connectivity index (χ0v) is 28.9. The van der Waals surface area contributed by atoms with Gasteiger partial charge in [-0.05, 0) is 78.2 Å². The molecule has 0 fully saturated rings. The van der Waals surface area contributed by atoms with Crippen molar-refractivity contribution in [3.8, 4) is 28.1 Å². The Morgan fingerprint density at radius 2 is 1.78 bits per heavy atom. The van der Waals surface area contributed by atoms with E-state index in [0.29, 0.717) is 36.2 Å². The van der Waals surface area contributed by atoms with Crippen LogP contribution in [0.25, 0.3) is 34.5 Å². The lowest BCUT2D eigenvalue weighted by Gasteiger charge is -2.42. The molecule has 3 aliphatic rings. The number of hydrogen-bond donors (Lipinski definition) is 1. The van der Waals surface area contributed by atoms with Crippen LogP contribution in [-0.2, 0) is 21.7 Å². The molecule has 8 rings (SSSR count). The van der Waals surface area contributed by atoms with Crippen LogP contribution in [0.5, 0.6) is 5.75 Å². The van der Waals surface area contributed by atoms with Crippen LogP contribution in [0.4, 0.5) is 17.5 Å². The molecule has 2 aliphatic carbocycles. The van der Waals surface area contributed by atoms with Crippen LogP contribution in [0.15, 0.2) is 79.4 Å². The average molecular weight is 680 g/mol. The standard InChI is InChI=1S/C40H37N7O4/c1-5-45-20-33(25-11-13-26(14-12-25)51-6-2)43-39(45)44-36(49)21-46-23-47(38-34(46)19-41-22-42-38)40(4)32-16-15-28-27-9-7-8-10-29(27)35(48)18-30(28)31(32)17-24(3)37(40)50/h7-20,22,24H,5-6,21,23H2,1-4H3,(H,43,44,49). The molecule has 11 nitrogen and oxygen atoms in total. The molecule has 256 valence electrons. The smallest absolute Gasteiger partial charge is 0.246 e. The minimum absolute atomic E-state index is 0.000131. The van der Waals surface area contributed by atoms with Gasteiger partial charge < -0.3 is 19.1 Å². The molecule has 11 heteroatoms. The van der Waals surface area contributed by atoms with Gasteiger partial charge in [0, 0.05) is 29.8 Å². The number of ether oxygens (including phenoxy) is 1. The van der Waals surface area contributed by atoms with Gasteiger partial charge in [0.15, 0.2) is 17.4 Å². The summed E-state index contributed by atoms with van der Waals surface area (Å²) in [6, 6.07) is 19.3. The zero-order valence-electron chi connectivity index (χ0n) is 28.9. The fourth-order valence-corrected chi connectivity index (χ4v) is 7.62. The molecule has 2 aromatic heterocycles. The van der Waals surface area contributed by atoms with Crippen molar-refractivity contribution < 1.29 is 19.1 Å². The van der Waals surface area contributed by atoms with Gasteiger partial charge >= 0.3 is 0 Å². The number of Topliss-reactive ketones (excluding diaryl/α,β-unsaturated/α-hetero) is 2. The molecule has 0 saturated heterocycles. The molecule has 1 aliphatic heterocycles. The lowest BCUT2D eigenvalue weighted by Crippen LogP contribution is -2.59. The van der Waals surface area contributed by atoms with E-state index in [4.69, 9.17) is 9.72 Å². The predicted octanol–water partition coefficient (Wildman–Crippen LogP) is 4.54. The van der Waals surface area contributed by atoms with Crippen molar-refractivity contribution in [2.45, 2.75) is 39.8 Å². The molecular weight excluding hydrogens is 642 g/mol. The minimum atomic E-state index is -1.15. The van der Waals surface area contributed by atoms with Crippen molar-refractivity contribution in [2.24, 2.45) is 5.92 Å². The molecule has 0 bridgehead atoms. The summed E-state index contributed by atoms with van der Waals surface area (Å²) in [6.07, 6.45) is 8.71. The van der Waals surface area contributed by atoms with E-state index in [-0.39, 0.29) is 30.7 Å². The number of amides is 1. The zero-order chi connectivity index (χ0) is 35.4. The topological polar surface area (TPSA) is 123 Å². The maximum absolute atomic E-state index is 14.3. The number of carbonyl (C=O) groups excluding carboxylic acids is 3. The molecule has 0 spiro atoms. The Morgan fingerprint density at radius 1 is 1.00 bits per heavy atom. The van der Waals surface area contributed by atoms with Crippen LogP contribution in [0.1, 0.15) is 43.6 Å². The van der Waals surface area contributed by atoms with Crippen molar-refractivity contribution in [3.05, 3.63) is 101 Å². The van der Waals surface area contributed by atoms with Crippen molar-refractivity contribution in [3.63, 3.8) is 0 Å². The number of imidazole rings is 1. The fourth-order valence-electron chi connectivity index (χ4n) is 7.62. The van der Waals surface area contributed by atoms with Crippen LogP contribution in [0.2, 0.25) is 0 Å². The second kappa shape index (κ2) is 12.3. The minimum Gasteiger partial charge on any atom is -0.494 e. The highest BCUT2D eigenvalue weighted by Gasteiger charge is 2.50. The Balaban J connectivity index is 1.10. The van der Waals surface area contributed by atoms with Crippen LogP contribution >= 0.6 is 0 Å². The number of benzene rings is 3. The number of hydrogen-bond acceptors (Lipinski definition) is 9. The number of nitrogens with one attached hydrogen (secondary N) is 1. The monoisotopic (exact) mass is 679 g/mol. The second-order valence-electron chi connectivity index (χ2n) is 13.2. The summed E-state index contributed by atoms with van der Waals surface area (Å²) in [5.41, 5.74) is 4.44. The normalized spacial score (nSPS) is 18.6. The quantitative estimate of drug-likeness (QED) is 0.252. The van der Waals surface area contributed by atoms with E-state index in [2.05, 4.69) is 15.3 Å².